The molecule has 1 aliphatic rings. The van der Waals surface area contributed by atoms with Crippen LogP contribution in [0.5, 0.6) is 0 Å². The summed E-state index contributed by atoms with van der Waals surface area (Å²) in [6, 6.07) is 11.7. The smallest absolute Gasteiger partial charge is 0.223 e. The Morgan fingerprint density at radius 2 is 1.88 bits per heavy atom. The Labute approximate surface area is 150 Å². The van der Waals surface area contributed by atoms with E-state index in [0.29, 0.717) is 12.8 Å². The fourth-order valence-corrected chi connectivity index (χ4v) is 3.14. The normalized spacial score (nSPS) is 14.7. The number of pyridine rings is 1. The zero-order valence-corrected chi connectivity index (χ0v) is 15.1. The first-order chi connectivity index (χ1) is 11.6. The average molecular weight is 389 g/mol. The third-order valence-electron chi connectivity index (χ3n) is 4.33. The van der Waals surface area contributed by atoms with Gasteiger partial charge < -0.3 is 15.5 Å². The number of aryl methyl sites for hydroxylation is 1. The molecule has 0 bridgehead atoms. The third-order valence-corrected chi connectivity index (χ3v) is 4.80. The maximum absolute atomic E-state index is 12.4. The molecule has 0 unspecified atom stereocenters. The number of piperazine rings is 1. The second-order valence-corrected chi connectivity index (χ2v) is 6.82. The molecular weight excluding hydrogens is 368 g/mol. The Morgan fingerprint density at radius 1 is 1.12 bits per heavy atom. The Morgan fingerprint density at radius 3 is 2.54 bits per heavy atom. The zero-order chi connectivity index (χ0) is 16.9. The van der Waals surface area contributed by atoms with Crippen LogP contribution in [-0.2, 0) is 11.2 Å². The molecule has 0 spiro atoms. The van der Waals surface area contributed by atoms with Gasteiger partial charge in [-0.3, -0.25) is 4.79 Å². The van der Waals surface area contributed by atoms with E-state index in [-0.39, 0.29) is 5.91 Å². The van der Waals surface area contributed by atoms with Crippen LogP contribution >= 0.6 is 15.9 Å². The van der Waals surface area contributed by atoms with E-state index in [9.17, 15) is 4.79 Å². The van der Waals surface area contributed by atoms with Crippen LogP contribution in [0.4, 0.5) is 11.5 Å². The quantitative estimate of drug-likeness (QED) is 0.817. The number of hydrogen-bond acceptors (Lipinski definition) is 4. The number of para-hydroxylation sites is 1. The van der Waals surface area contributed by atoms with Crippen molar-refractivity contribution in [1.29, 1.82) is 0 Å². The summed E-state index contributed by atoms with van der Waals surface area (Å²) in [7, 11) is 0. The predicted molar refractivity (Wildman–Crippen MR) is 99.9 cm³/mol. The van der Waals surface area contributed by atoms with Crippen LogP contribution in [0, 0.1) is 0 Å². The number of halogens is 1. The molecular formula is C18H21BrN4O. The predicted octanol–water partition coefficient (Wildman–Crippen LogP) is 2.71. The van der Waals surface area contributed by atoms with E-state index in [4.69, 9.17) is 5.73 Å². The molecule has 1 saturated heterocycles. The van der Waals surface area contributed by atoms with Crippen molar-refractivity contribution in [3.05, 3.63) is 52.6 Å². The summed E-state index contributed by atoms with van der Waals surface area (Å²) in [5, 5.41) is 0. The Bertz CT molecular complexity index is 696. The number of carbonyl (C=O) groups is 1. The van der Waals surface area contributed by atoms with Crippen molar-refractivity contribution in [1.82, 2.24) is 9.88 Å². The molecule has 2 aromatic rings. The van der Waals surface area contributed by atoms with Crippen LogP contribution in [0.3, 0.4) is 0 Å². The molecule has 1 aromatic heterocycles. The Hall–Kier alpha value is -2.08. The van der Waals surface area contributed by atoms with Gasteiger partial charge in [-0.05, 0) is 46.1 Å². The summed E-state index contributed by atoms with van der Waals surface area (Å²) >= 11 is 3.40. The second-order valence-electron chi connectivity index (χ2n) is 5.90. The van der Waals surface area contributed by atoms with Crippen LogP contribution in [0.15, 0.2) is 47.1 Å². The van der Waals surface area contributed by atoms with Gasteiger partial charge >= 0.3 is 0 Å². The molecule has 1 aliphatic heterocycles. The highest BCUT2D eigenvalue weighted by Crippen LogP contribution is 2.18. The van der Waals surface area contributed by atoms with Gasteiger partial charge in [0, 0.05) is 49.0 Å². The van der Waals surface area contributed by atoms with Crippen molar-refractivity contribution in [2.24, 2.45) is 0 Å². The maximum Gasteiger partial charge on any atom is 0.223 e. The van der Waals surface area contributed by atoms with Gasteiger partial charge in [-0.2, -0.15) is 0 Å². The number of rotatable bonds is 4. The monoisotopic (exact) mass is 388 g/mol. The number of hydrogen-bond donors (Lipinski definition) is 1. The van der Waals surface area contributed by atoms with Gasteiger partial charge in [-0.1, -0.05) is 18.2 Å². The average Bonchev–Trinajstić information content (AvgIpc) is 2.62. The molecule has 24 heavy (non-hydrogen) atoms. The van der Waals surface area contributed by atoms with E-state index in [1.165, 1.54) is 0 Å². The molecule has 0 aliphatic carbocycles. The highest BCUT2D eigenvalue weighted by atomic mass is 79.9. The highest BCUT2D eigenvalue weighted by Gasteiger charge is 2.21. The molecule has 6 heteroatoms. The molecule has 1 aromatic carbocycles. The van der Waals surface area contributed by atoms with Gasteiger partial charge in [0.2, 0.25) is 5.91 Å². The third kappa shape index (κ3) is 4.06. The summed E-state index contributed by atoms with van der Waals surface area (Å²) in [6.07, 6.45) is 3.00. The molecule has 0 saturated carbocycles. The summed E-state index contributed by atoms with van der Waals surface area (Å²) in [4.78, 5) is 21.0. The largest absolute Gasteiger partial charge is 0.399 e. The fraction of sp³-hybridized carbons (Fsp3) is 0.333. The maximum atomic E-state index is 12.4. The van der Waals surface area contributed by atoms with Crippen LogP contribution in [0.25, 0.3) is 0 Å². The highest BCUT2D eigenvalue weighted by molar-refractivity contribution is 9.10. The van der Waals surface area contributed by atoms with Gasteiger partial charge in [-0.25, -0.2) is 4.98 Å². The van der Waals surface area contributed by atoms with Crippen molar-refractivity contribution in [3.63, 3.8) is 0 Å². The minimum absolute atomic E-state index is 0.196. The molecule has 2 N–H and O–H groups in total. The lowest BCUT2D eigenvalue weighted by atomic mass is 10.1. The van der Waals surface area contributed by atoms with E-state index >= 15 is 0 Å². The first-order valence-electron chi connectivity index (χ1n) is 8.11. The number of anilines is 2. The lowest BCUT2D eigenvalue weighted by Gasteiger charge is -2.35. The van der Waals surface area contributed by atoms with Crippen LogP contribution in [-0.4, -0.2) is 42.0 Å². The van der Waals surface area contributed by atoms with Crippen LogP contribution in [0.1, 0.15) is 12.0 Å². The van der Waals surface area contributed by atoms with Crippen molar-refractivity contribution >= 4 is 33.3 Å². The standard InChI is InChI=1S/C18H21BrN4O/c19-15-6-7-17(21-13-15)22-9-11-23(12-10-22)18(24)8-5-14-3-1-2-4-16(14)20/h1-4,6-7,13H,5,8-12,20H2. The second kappa shape index (κ2) is 7.66. The number of aromatic nitrogens is 1. The Balaban J connectivity index is 1.50. The molecule has 1 amide bonds. The summed E-state index contributed by atoms with van der Waals surface area (Å²) < 4.78 is 0.972. The minimum atomic E-state index is 0.196. The zero-order valence-electron chi connectivity index (χ0n) is 13.5. The SMILES string of the molecule is Nc1ccccc1CCC(=O)N1CCN(c2ccc(Br)cn2)CC1. The number of nitrogen functional groups attached to an aromatic ring is 1. The number of benzene rings is 1. The van der Waals surface area contributed by atoms with Crippen molar-refractivity contribution < 1.29 is 4.79 Å². The molecule has 5 nitrogen and oxygen atoms in total. The Kier molecular flexibility index (Phi) is 5.35. The van der Waals surface area contributed by atoms with Gasteiger partial charge in [0.1, 0.15) is 5.82 Å². The van der Waals surface area contributed by atoms with E-state index in [0.717, 1.165) is 47.7 Å². The number of nitrogens with zero attached hydrogens (tertiary/aromatic N) is 3. The van der Waals surface area contributed by atoms with Gasteiger partial charge in [0.15, 0.2) is 0 Å². The van der Waals surface area contributed by atoms with Crippen molar-refractivity contribution in [2.75, 3.05) is 36.8 Å². The van der Waals surface area contributed by atoms with Gasteiger partial charge in [0.25, 0.3) is 0 Å². The first kappa shape index (κ1) is 16.8. The summed E-state index contributed by atoms with van der Waals surface area (Å²) in [5.41, 5.74) is 7.74. The molecule has 2 heterocycles. The van der Waals surface area contributed by atoms with Crippen LogP contribution in [0.2, 0.25) is 0 Å². The first-order valence-corrected chi connectivity index (χ1v) is 8.90. The van der Waals surface area contributed by atoms with Crippen molar-refractivity contribution in [3.8, 4) is 0 Å². The lowest BCUT2D eigenvalue weighted by Crippen LogP contribution is -2.49. The minimum Gasteiger partial charge on any atom is -0.399 e. The fourth-order valence-electron chi connectivity index (χ4n) is 2.90. The van der Waals surface area contributed by atoms with Gasteiger partial charge in [0.05, 0.1) is 0 Å². The van der Waals surface area contributed by atoms with E-state index in [1.807, 2.05) is 41.3 Å². The number of carbonyl (C=O) groups excluding carboxylic acids is 1. The number of nitrogens with two attached hydrogens (primary N) is 1. The molecule has 126 valence electrons. The van der Waals surface area contributed by atoms with E-state index in [1.54, 1.807) is 6.20 Å². The van der Waals surface area contributed by atoms with E-state index in [2.05, 4.69) is 25.8 Å². The van der Waals surface area contributed by atoms with Gasteiger partial charge in [-0.15, -0.1) is 0 Å². The molecule has 0 atom stereocenters. The topological polar surface area (TPSA) is 62.5 Å². The van der Waals surface area contributed by atoms with Crippen molar-refractivity contribution in [2.45, 2.75) is 12.8 Å². The molecule has 3 rings (SSSR count). The lowest BCUT2D eigenvalue weighted by molar-refractivity contribution is -0.131. The molecule has 1 fully saturated rings. The summed E-state index contributed by atoms with van der Waals surface area (Å²) in [5.74, 6) is 1.16. The molecule has 0 radical (unpaired) electrons. The van der Waals surface area contributed by atoms with E-state index < -0.39 is 0 Å². The number of amides is 1. The van der Waals surface area contributed by atoms with Crippen LogP contribution < -0.4 is 10.6 Å². The summed E-state index contributed by atoms with van der Waals surface area (Å²) in [6.45, 7) is 3.10.